The van der Waals surface area contributed by atoms with Gasteiger partial charge in [0.2, 0.25) is 10.0 Å². The van der Waals surface area contributed by atoms with E-state index in [2.05, 4.69) is 0 Å². The molecule has 1 N–H and O–H groups in total. The van der Waals surface area contributed by atoms with Crippen LogP contribution in [-0.2, 0) is 14.8 Å². The van der Waals surface area contributed by atoms with Crippen molar-refractivity contribution in [3.8, 4) is 0 Å². The number of likely N-dealkylation sites (N-methyl/N-ethyl adjacent to an activating group) is 1. The number of halogens is 1. The summed E-state index contributed by atoms with van der Waals surface area (Å²) in [6, 6.07) is 6.03. The summed E-state index contributed by atoms with van der Waals surface area (Å²) in [4.78, 5) is 13.4. The number of carbonyl (C=O) groups is 1. The van der Waals surface area contributed by atoms with E-state index in [4.69, 9.17) is 11.6 Å². The van der Waals surface area contributed by atoms with Crippen LogP contribution in [0.15, 0.2) is 29.2 Å². The SMILES string of the molecule is CN(C)[C@@H]1CC[C@H](C(=O)O)CN(S(=O)(=O)c2cccc(Cl)c2)C1. The number of nitrogens with zero attached hydrogens (tertiary/aromatic N) is 2. The molecule has 6 nitrogen and oxygen atoms in total. The van der Waals surface area contributed by atoms with E-state index in [1.165, 1.54) is 16.4 Å². The Balaban J connectivity index is 2.37. The Labute approximate surface area is 141 Å². The molecule has 0 radical (unpaired) electrons. The fourth-order valence-electron chi connectivity index (χ4n) is 2.73. The van der Waals surface area contributed by atoms with Gasteiger partial charge in [0.1, 0.15) is 0 Å². The van der Waals surface area contributed by atoms with Crippen LogP contribution in [0.3, 0.4) is 0 Å². The highest BCUT2D eigenvalue weighted by Crippen LogP contribution is 2.26. The summed E-state index contributed by atoms with van der Waals surface area (Å²) in [7, 11) is -0.0399. The lowest BCUT2D eigenvalue weighted by atomic mass is 10.0. The molecule has 1 heterocycles. The third-order valence-electron chi connectivity index (χ3n) is 4.20. The van der Waals surface area contributed by atoms with E-state index in [0.29, 0.717) is 17.9 Å². The third-order valence-corrected chi connectivity index (χ3v) is 6.26. The molecule has 2 rings (SSSR count). The molecule has 1 aromatic rings. The standard InChI is InChI=1S/C15H21ClN2O4S/c1-17(2)13-7-6-11(15(19)20)9-18(10-13)23(21,22)14-5-3-4-12(16)8-14/h3-5,8,11,13H,6-7,9-10H2,1-2H3,(H,19,20)/t11-,13+/m0/s1. The quantitative estimate of drug-likeness (QED) is 0.885. The molecule has 0 amide bonds. The second-order valence-electron chi connectivity index (χ2n) is 6.01. The molecule has 1 fully saturated rings. The molecule has 0 spiro atoms. The molecule has 1 saturated heterocycles. The summed E-state index contributed by atoms with van der Waals surface area (Å²) in [6.45, 7) is 0.250. The van der Waals surface area contributed by atoms with Gasteiger partial charge in [-0.25, -0.2) is 8.42 Å². The number of aliphatic carboxylic acids is 1. The predicted molar refractivity (Wildman–Crippen MR) is 88.0 cm³/mol. The predicted octanol–water partition coefficient (Wildman–Crippen LogP) is 1.76. The van der Waals surface area contributed by atoms with E-state index in [1.807, 2.05) is 19.0 Å². The van der Waals surface area contributed by atoms with Crippen molar-refractivity contribution in [1.82, 2.24) is 9.21 Å². The highest BCUT2D eigenvalue weighted by molar-refractivity contribution is 7.89. The number of carboxylic acid groups (broad SMARTS) is 1. The minimum Gasteiger partial charge on any atom is -0.481 e. The Bertz CT molecular complexity index is 678. The van der Waals surface area contributed by atoms with Crippen LogP contribution in [0.5, 0.6) is 0 Å². The van der Waals surface area contributed by atoms with Crippen molar-refractivity contribution in [2.24, 2.45) is 5.92 Å². The van der Waals surface area contributed by atoms with Gasteiger partial charge in [0.25, 0.3) is 0 Å². The molecular formula is C15H21ClN2O4S. The van der Waals surface area contributed by atoms with Crippen LogP contribution in [0.25, 0.3) is 0 Å². The Kier molecular flexibility index (Phi) is 5.67. The summed E-state index contributed by atoms with van der Waals surface area (Å²) >= 11 is 5.89. The number of hydrogen-bond donors (Lipinski definition) is 1. The monoisotopic (exact) mass is 360 g/mol. The Morgan fingerprint density at radius 1 is 1.30 bits per heavy atom. The Hall–Kier alpha value is -1.15. The van der Waals surface area contributed by atoms with Crippen LogP contribution in [0, 0.1) is 5.92 Å². The largest absolute Gasteiger partial charge is 0.481 e. The average Bonchev–Trinajstić information content (AvgIpc) is 2.70. The first-order valence-corrected chi connectivity index (χ1v) is 9.18. The first-order chi connectivity index (χ1) is 10.7. The topological polar surface area (TPSA) is 77.9 Å². The van der Waals surface area contributed by atoms with Gasteiger partial charge in [-0.1, -0.05) is 17.7 Å². The van der Waals surface area contributed by atoms with Crippen molar-refractivity contribution in [2.75, 3.05) is 27.2 Å². The zero-order valence-corrected chi connectivity index (χ0v) is 14.7. The summed E-state index contributed by atoms with van der Waals surface area (Å²) in [5.74, 6) is -1.66. The van der Waals surface area contributed by atoms with Crippen LogP contribution in [0.2, 0.25) is 5.02 Å². The Morgan fingerprint density at radius 2 is 2.00 bits per heavy atom. The maximum Gasteiger partial charge on any atom is 0.307 e. The van der Waals surface area contributed by atoms with E-state index in [1.54, 1.807) is 12.1 Å². The maximum absolute atomic E-state index is 12.9. The van der Waals surface area contributed by atoms with Gasteiger partial charge in [-0.3, -0.25) is 4.79 Å². The van der Waals surface area contributed by atoms with Crippen molar-refractivity contribution >= 4 is 27.6 Å². The van der Waals surface area contributed by atoms with Gasteiger partial charge < -0.3 is 10.0 Å². The lowest BCUT2D eigenvalue weighted by molar-refractivity contribution is -0.142. The molecule has 1 aliphatic heterocycles. The van der Waals surface area contributed by atoms with Crippen LogP contribution in [0.4, 0.5) is 0 Å². The summed E-state index contributed by atoms with van der Waals surface area (Å²) < 4.78 is 27.0. The average molecular weight is 361 g/mol. The maximum atomic E-state index is 12.9. The Morgan fingerprint density at radius 3 is 2.57 bits per heavy atom. The number of rotatable bonds is 4. The van der Waals surface area contributed by atoms with Crippen LogP contribution in [-0.4, -0.2) is 61.9 Å². The van der Waals surface area contributed by atoms with Crippen LogP contribution >= 0.6 is 11.6 Å². The number of hydrogen-bond acceptors (Lipinski definition) is 4. The third kappa shape index (κ3) is 4.23. The summed E-state index contributed by atoms with van der Waals surface area (Å²) in [5, 5.41) is 9.66. The second kappa shape index (κ2) is 7.17. The van der Waals surface area contributed by atoms with Crippen molar-refractivity contribution in [2.45, 2.75) is 23.8 Å². The van der Waals surface area contributed by atoms with Crippen molar-refractivity contribution in [3.05, 3.63) is 29.3 Å². The molecule has 2 atom stereocenters. The van der Waals surface area contributed by atoms with Crippen molar-refractivity contribution in [3.63, 3.8) is 0 Å². The minimum absolute atomic E-state index is 0.0193. The van der Waals surface area contributed by atoms with E-state index < -0.39 is 21.9 Å². The highest BCUT2D eigenvalue weighted by Gasteiger charge is 2.35. The van der Waals surface area contributed by atoms with E-state index in [0.717, 1.165) is 0 Å². The summed E-state index contributed by atoms with van der Waals surface area (Å²) in [5.41, 5.74) is 0. The van der Waals surface area contributed by atoms with E-state index >= 15 is 0 Å². The van der Waals surface area contributed by atoms with Crippen molar-refractivity contribution in [1.29, 1.82) is 0 Å². The molecule has 8 heteroatoms. The van der Waals surface area contributed by atoms with Gasteiger partial charge in [-0.15, -0.1) is 0 Å². The molecule has 128 valence electrons. The molecule has 1 aromatic carbocycles. The smallest absolute Gasteiger partial charge is 0.307 e. The molecule has 0 saturated carbocycles. The molecule has 0 aliphatic carbocycles. The first kappa shape index (κ1) is 18.2. The summed E-state index contributed by atoms with van der Waals surface area (Å²) in [6.07, 6.45) is 1.10. The van der Waals surface area contributed by atoms with Gasteiger partial charge >= 0.3 is 5.97 Å². The van der Waals surface area contributed by atoms with Crippen LogP contribution < -0.4 is 0 Å². The molecular weight excluding hydrogens is 340 g/mol. The highest BCUT2D eigenvalue weighted by atomic mass is 35.5. The van der Waals surface area contributed by atoms with E-state index in [-0.39, 0.29) is 24.0 Å². The first-order valence-electron chi connectivity index (χ1n) is 7.36. The van der Waals surface area contributed by atoms with Gasteiger partial charge in [0, 0.05) is 24.2 Å². The molecule has 0 unspecified atom stereocenters. The zero-order chi connectivity index (χ0) is 17.2. The van der Waals surface area contributed by atoms with Crippen LogP contribution in [0.1, 0.15) is 12.8 Å². The fourth-order valence-corrected chi connectivity index (χ4v) is 4.55. The van der Waals surface area contributed by atoms with Gasteiger partial charge in [-0.05, 0) is 45.1 Å². The molecule has 0 bridgehead atoms. The zero-order valence-electron chi connectivity index (χ0n) is 13.1. The van der Waals surface area contributed by atoms with Gasteiger partial charge in [0.05, 0.1) is 10.8 Å². The fraction of sp³-hybridized carbons (Fsp3) is 0.533. The second-order valence-corrected chi connectivity index (χ2v) is 8.38. The molecule has 23 heavy (non-hydrogen) atoms. The lowest BCUT2D eigenvalue weighted by Gasteiger charge is -2.28. The normalized spacial score (nSPS) is 23.7. The molecule has 0 aromatic heterocycles. The van der Waals surface area contributed by atoms with Gasteiger partial charge in [0.15, 0.2) is 0 Å². The number of benzene rings is 1. The minimum atomic E-state index is -3.78. The number of carboxylic acids is 1. The number of sulfonamides is 1. The van der Waals surface area contributed by atoms with E-state index in [9.17, 15) is 18.3 Å². The lowest BCUT2D eigenvalue weighted by Crippen LogP contribution is -2.43. The van der Waals surface area contributed by atoms with Gasteiger partial charge in [-0.2, -0.15) is 4.31 Å². The molecule has 1 aliphatic rings. The van der Waals surface area contributed by atoms with Crippen molar-refractivity contribution < 1.29 is 18.3 Å².